The molecule has 1 aromatic carbocycles. The van der Waals surface area contributed by atoms with Crippen LogP contribution >= 0.6 is 11.6 Å². The predicted octanol–water partition coefficient (Wildman–Crippen LogP) is 1.42. The predicted molar refractivity (Wildman–Crippen MR) is 41.7 cm³/mol. The molecule has 1 rings (SSSR count). The van der Waals surface area contributed by atoms with E-state index in [1.807, 2.05) is 0 Å². The molecule has 0 radical (unpaired) electrons. The Morgan fingerprint density at radius 3 is 2.45 bits per heavy atom. The average Bonchev–Trinajstić information content (AvgIpc) is 1.88. The fourth-order valence-electron chi connectivity index (χ4n) is 0.590. The van der Waals surface area contributed by atoms with Crippen LogP contribution in [-0.2, 0) is 0 Å². The first-order valence-electron chi connectivity index (χ1n) is 2.60. The molecule has 11 heavy (non-hydrogen) atoms. The zero-order chi connectivity index (χ0) is 7.56. The van der Waals surface area contributed by atoms with E-state index in [4.69, 9.17) is 11.6 Å². The molecule has 5 heteroatoms. The summed E-state index contributed by atoms with van der Waals surface area (Å²) in [7, 11) is 0. The second-order valence-electron chi connectivity index (χ2n) is 1.74. The van der Waals surface area contributed by atoms with Crippen molar-refractivity contribution in [3.05, 3.63) is 39.4 Å². The summed E-state index contributed by atoms with van der Waals surface area (Å²) in [5, 5.41) is 10.5. The zero-order valence-electron chi connectivity index (χ0n) is 5.45. The lowest BCUT2D eigenvalue weighted by Crippen LogP contribution is -1.85. The number of hydrogen-bond acceptors (Lipinski definition) is 2. The maximum Gasteiger partial charge on any atom is 0.270 e. The highest BCUT2D eigenvalue weighted by molar-refractivity contribution is 6.30. The molecule has 2 N–H and O–H groups in total. The van der Waals surface area contributed by atoms with Gasteiger partial charge in [-0.25, -0.2) is 0 Å². The van der Waals surface area contributed by atoms with Gasteiger partial charge in [-0.05, 0) is 6.07 Å². The quantitative estimate of drug-likeness (QED) is 0.478. The molecule has 0 atom stereocenters. The molecule has 0 fully saturated rings. The zero-order valence-corrected chi connectivity index (χ0v) is 6.21. The molecule has 0 saturated heterocycles. The third-order valence-corrected chi connectivity index (χ3v) is 1.25. The van der Waals surface area contributed by atoms with E-state index in [0.29, 0.717) is 5.02 Å². The molecule has 0 unspecified atom stereocenters. The summed E-state index contributed by atoms with van der Waals surface area (Å²) in [6.07, 6.45) is 0. The van der Waals surface area contributed by atoms with Crippen LogP contribution in [0.4, 0.5) is 5.69 Å². The Morgan fingerprint density at radius 2 is 2.09 bits per heavy atom. The molecule has 1 aromatic rings. The minimum Gasteiger partial charge on any atom is -0.412 e. The van der Waals surface area contributed by atoms with Crippen LogP contribution in [0.3, 0.4) is 0 Å². The summed E-state index contributed by atoms with van der Waals surface area (Å²) in [5.41, 5.74) is 0.0208. The van der Waals surface area contributed by atoms with Crippen molar-refractivity contribution in [1.82, 2.24) is 0 Å². The minimum atomic E-state index is -0.480. The first-order valence-corrected chi connectivity index (χ1v) is 2.98. The van der Waals surface area contributed by atoms with Crippen molar-refractivity contribution in [3.8, 4) is 0 Å². The van der Waals surface area contributed by atoms with Crippen LogP contribution in [0.1, 0.15) is 0 Å². The second-order valence-corrected chi connectivity index (χ2v) is 2.17. The van der Waals surface area contributed by atoms with E-state index in [0.717, 1.165) is 0 Å². The highest BCUT2D eigenvalue weighted by Gasteiger charge is 2.02. The van der Waals surface area contributed by atoms with Gasteiger partial charge in [-0.15, -0.1) is 0 Å². The maximum atomic E-state index is 10.1. The molecule has 60 valence electrons. The van der Waals surface area contributed by atoms with E-state index < -0.39 is 4.92 Å². The first kappa shape index (κ1) is 9.87. The summed E-state index contributed by atoms with van der Waals surface area (Å²) >= 11 is 5.48. The Balaban J connectivity index is 0.000001000. The normalized spacial score (nSPS) is 8.45. The highest BCUT2D eigenvalue weighted by atomic mass is 35.5. The topological polar surface area (TPSA) is 74.6 Å². The van der Waals surface area contributed by atoms with Crippen molar-refractivity contribution in [3.63, 3.8) is 0 Å². The van der Waals surface area contributed by atoms with Crippen molar-refractivity contribution in [2.75, 3.05) is 0 Å². The summed E-state index contributed by atoms with van der Waals surface area (Å²) in [6, 6.07) is 5.84. The van der Waals surface area contributed by atoms with Gasteiger partial charge in [-0.2, -0.15) is 0 Å². The molecular weight excluding hydrogens is 170 g/mol. The van der Waals surface area contributed by atoms with Crippen molar-refractivity contribution < 1.29 is 10.4 Å². The Morgan fingerprint density at radius 1 is 1.45 bits per heavy atom. The lowest BCUT2D eigenvalue weighted by atomic mass is 10.3. The van der Waals surface area contributed by atoms with E-state index in [2.05, 4.69) is 0 Å². The molecule has 4 nitrogen and oxygen atoms in total. The van der Waals surface area contributed by atoms with Crippen LogP contribution < -0.4 is 0 Å². The number of hydrogen-bond donors (Lipinski definition) is 0. The van der Waals surface area contributed by atoms with Gasteiger partial charge in [-0.3, -0.25) is 10.1 Å². The number of nitrogens with zero attached hydrogens (tertiary/aromatic N) is 1. The lowest BCUT2D eigenvalue weighted by Gasteiger charge is -1.89. The standard InChI is InChI=1S/C6H4ClNO2.H2O/c7-5-2-1-3-6(4-5)8(9)10;/h1-4H;1H2. The van der Waals surface area contributed by atoms with Crippen molar-refractivity contribution >= 4 is 17.3 Å². The van der Waals surface area contributed by atoms with Crippen LogP contribution in [0.5, 0.6) is 0 Å². The van der Waals surface area contributed by atoms with Gasteiger partial charge in [0.05, 0.1) is 4.92 Å². The minimum absolute atomic E-state index is 0. The van der Waals surface area contributed by atoms with Crippen LogP contribution in [0.25, 0.3) is 0 Å². The highest BCUT2D eigenvalue weighted by Crippen LogP contribution is 2.16. The monoisotopic (exact) mass is 175 g/mol. The first-order chi connectivity index (χ1) is 4.70. The summed E-state index contributed by atoms with van der Waals surface area (Å²) in [4.78, 5) is 9.62. The van der Waals surface area contributed by atoms with Gasteiger partial charge >= 0.3 is 0 Å². The van der Waals surface area contributed by atoms with Crippen molar-refractivity contribution in [2.45, 2.75) is 0 Å². The van der Waals surface area contributed by atoms with Gasteiger partial charge in [0.15, 0.2) is 0 Å². The summed E-state index contributed by atoms with van der Waals surface area (Å²) in [5.74, 6) is 0. The number of halogens is 1. The fourth-order valence-corrected chi connectivity index (χ4v) is 0.774. The van der Waals surface area contributed by atoms with Gasteiger partial charge in [-0.1, -0.05) is 17.7 Å². The lowest BCUT2D eigenvalue weighted by molar-refractivity contribution is -0.384. The van der Waals surface area contributed by atoms with Gasteiger partial charge in [0.25, 0.3) is 5.69 Å². The van der Waals surface area contributed by atoms with Crippen LogP contribution in [-0.4, -0.2) is 10.4 Å². The van der Waals surface area contributed by atoms with E-state index in [-0.39, 0.29) is 11.2 Å². The van der Waals surface area contributed by atoms with Gasteiger partial charge in [0, 0.05) is 17.2 Å². The molecule has 0 aromatic heterocycles. The Hall–Kier alpha value is -1.13. The number of rotatable bonds is 1. The maximum absolute atomic E-state index is 10.1. The summed E-state index contributed by atoms with van der Waals surface area (Å²) < 4.78 is 0. The van der Waals surface area contributed by atoms with E-state index in [9.17, 15) is 10.1 Å². The molecule has 0 aliphatic heterocycles. The van der Waals surface area contributed by atoms with Gasteiger partial charge in [0.2, 0.25) is 0 Å². The fraction of sp³-hybridized carbons (Fsp3) is 0. The van der Waals surface area contributed by atoms with Crippen LogP contribution in [0, 0.1) is 10.1 Å². The molecule has 0 amide bonds. The van der Waals surface area contributed by atoms with Gasteiger partial charge in [0.1, 0.15) is 0 Å². The van der Waals surface area contributed by atoms with E-state index >= 15 is 0 Å². The Kier molecular flexibility index (Phi) is 3.50. The van der Waals surface area contributed by atoms with E-state index in [1.54, 1.807) is 12.1 Å². The number of nitro benzene ring substituents is 1. The Bertz CT molecular complexity index is 264. The number of benzene rings is 1. The SMILES string of the molecule is O.O=[N+]([O-])c1cccc(Cl)c1. The molecule has 0 aliphatic rings. The van der Waals surface area contributed by atoms with E-state index in [1.165, 1.54) is 12.1 Å². The largest absolute Gasteiger partial charge is 0.412 e. The third kappa shape index (κ3) is 2.53. The Labute approximate surface area is 67.9 Å². The number of non-ortho nitro benzene ring substituents is 1. The molecule has 0 heterocycles. The van der Waals surface area contributed by atoms with Crippen molar-refractivity contribution in [1.29, 1.82) is 0 Å². The molecule has 0 bridgehead atoms. The average molecular weight is 176 g/mol. The second kappa shape index (κ2) is 3.90. The third-order valence-electron chi connectivity index (χ3n) is 1.02. The smallest absolute Gasteiger partial charge is 0.270 e. The molecule has 0 spiro atoms. The molecular formula is C6H6ClNO3. The molecule has 0 saturated carbocycles. The number of nitro groups is 1. The summed E-state index contributed by atoms with van der Waals surface area (Å²) in [6.45, 7) is 0. The van der Waals surface area contributed by atoms with Gasteiger partial charge < -0.3 is 5.48 Å². The molecule has 0 aliphatic carbocycles. The van der Waals surface area contributed by atoms with Crippen molar-refractivity contribution in [2.24, 2.45) is 0 Å². The van der Waals surface area contributed by atoms with Crippen LogP contribution in [0.15, 0.2) is 24.3 Å². The van der Waals surface area contributed by atoms with Crippen LogP contribution in [0.2, 0.25) is 5.02 Å².